The number of benzene rings is 2. The minimum atomic E-state index is 0. The molecule has 0 aliphatic heterocycles. The fourth-order valence-electron chi connectivity index (χ4n) is 2.15. The summed E-state index contributed by atoms with van der Waals surface area (Å²) in [5.41, 5.74) is 2.52. The Hall–Kier alpha value is -1.16. The van der Waals surface area contributed by atoms with Gasteiger partial charge in [-0.2, -0.15) is 0 Å². The highest BCUT2D eigenvalue weighted by Gasteiger charge is 2.07. The number of hydrogen-bond donors (Lipinski definition) is 0. The smallest absolute Gasteiger partial charge is 0.211 e. The number of rotatable bonds is 0. The lowest BCUT2D eigenvalue weighted by molar-refractivity contribution is -0.342. The lowest BCUT2D eigenvalue weighted by Crippen LogP contribution is -3.00. The summed E-state index contributed by atoms with van der Waals surface area (Å²) >= 11 is 0. The third-order valence-electron chi connectivity index (χ3n) is 2.89. The summed E-state index contributed by atoms with van der Waals surface area (Å²) < 4.78 is 0. The minimum Gasteiger partial charge on any atom is -1.00 e. The zero-order valence-electron chi connectivity index (χ0n) is 9.00. The fourth-order valence-corrected chi connectivity index (χ4v) is 2.15. The molecule has 0 saturated heterocycles. The van der Waals surface area contributed by atoms with Crippen molar-refractivity contribution < 1.29 is 29.0 Å². The molecule has 1 N–H and O–H groups in total. The van der Waals surface area contributed by atoms with Gasteiger partial charge in [0.1, 0.15) is 0 Å². The van der Waals surface area contributed by atoms with Crippen molar-refractivity contribution in [1.82, 2.24) is 0 Å². The number of aromatic amines is 1. The van der Waals surface area contributed by atoms with E-state index < -0.39 is 0 Å². The first kappa shape index (κ1) is 11.3. The number of aromatic nitrogens is 1. The first-order chi connectivity index (χ1) is 7.36. The predicted molar refractivity (Wildman–Crippen MR) is 62.7 cm³/mol. The van der Waals surface area contributed by atoms with Gasteiger partial charge >= 0.3 is 0 Å². The second kappa shape index (κ2) is 4.37. The van der Waals surface area contributed by atoms with Crippen molar-refractivity contribution in [1.29, 1.82) is 0 Å². The molecule has 0 aliphatic carbocycles. The second-order valence-electron chi connectivity index (χ2n) is 3.87. The van der Waals surface area contributed by atoms with Gasteiger partial charge in [-0.25, -0.2) is 4.98 Å². The summed E-state index contributed by atoms with van der Waals surface area (Å²) in [6.45, 7) is 2.16. The molecule has 0 radical (unpaired) electrons. The van der Waals surface area contributed by atoms with Gasteiger partial charge in [0.15, 0.2) is 6.20 Å². The molecule has 1 aromatic heterocycles. The van der Waals surface area contributed by atoms with E-state index in [1.807, 2.05) is 0 Å². The van der Waals surface area contributed by atoms with E-state index in [0.717, 1.165) is 0 Å². The van der Waals surface area contributed by atoms with E-state index in [4.69, 9.17) is 0 Å². The lowest BCUT2D eigenvalue weighted by Gasteiger charge is -2.01. The van der Waals surface area contributed by atoms with Crippen LogP contribution in [0.5, 0.6) is 0 Å². The molecule has 0 saturated carbocycles. The van der Waals surface area contributed by atoms with Crippen LogP contribution in [0.2, 0.25) is 0 Å². The van der Waals surface area contributed by atoms with Crippen molar-refractivity contribution >= 4 is 21.7 Å². The van der Waals surface area contributed by atoms with E-state index in [1.54, 1.807) is 0 Å². The Kier molecular flexibility index (Phi) is 3.10. The van der Waals surface area contributed by atoms with Gasteiger partial charge < -0.3 is 24.0 Å². The van der Waals surface area contributed by atoms with E-state index in [9.17, 15) is 0 Å². The van der Waals surface area contributed by atoms with Gasteiger partial charge in [-0.3, -0.25) is 0 Å². The number of pyridine rings is 1. The van der Waals surface area contributed by atoms with Crippen LogP contribution in [0.3, 0.4) is 0 Å². The molecule has 0 amide bonds. The zero-order chi connectivity index (χ0) is 10.3. The molecule has 0 spiro atoms. The molecule has 3 rings (SSSR count). The van der Waals surface area contributed by atoms with Crippen molar-refractivity contribution in [2.75, 3.05) is 0 Å². The second-order valence-corrected chi connectivity index (χ2v) is 3.87. The normalized spacial score (nSPS) is 10.3. The first-order valence-corrected chi connectivity index (χ1v) is 5.15. The Labute approximate surface area is 112 Å². The van der Waals surface area contributed by atoms with Gasteiger partial charge in [0.05, 0.1) is 5.39 Å². The quantitative estimate of drug-likeness (QED) is 0.413. The monoisotopic (exact) mass is 321 g/mol. The van der Waals surface area contributed by atoms with Crippen LogP contribution in [0.1, 0.15) is 5.56 Å². The summed E-state index contributed by atoms with van der Waals surface area (Å²) in [4.78, 5) is 3.33. The first-order valence-electron chi connectivity index (χ1n) is 5.15. The van der Waals surface area contributed by atoms with Crippen molar-refractivity contribution in [3.63, 3.8) is 0 Å². The molecule has 0 unspecified atom stereocenters. The van der Waals surface area contributed by atoms with Crippen LogP contribution in [0, 0.1) is 6.92 Å². The summed E-state index contributed by atoms with van der Waals surface area (Å²) in [6.07, 6.45) is 2.07. The molecule has 2 heteroatoms. The molecular weight excluding hydrogens is 309 g/mol. The molecule has 0 bridgehead atoms. The SMILES string of the molecule is Cc1cccc2[nH+]cc3ccccc3c12.[I-]. The molecule has 1 heterocycles. The fraction of sp³-hybridized carbons (Fsp3) is 0.0714. The van der Waals surface area contributed by atoms with Crippen LogP contribution in [0.25, 0.3) is 21.7 Å². The Bertz CT molecular complexity index is 646. The molecule has 0 aliphatic rings. The third-order valence-corrected chi connectivity index (χ3v) is 2.89. The van der Waals surface area contributed by atoms with Gasteiger partial charge in [-0.05, 0) is 18.6 Å². The number of hydrogen-bond acceptors (Lipinski definition) is 0. The number of nitrogens with one attached hydrogen (secondary N) is 1. The van der Waals surface area contributed by atoms with Crippen molar-refractivity contribution in [3.8, 4) is 0 Å². The van der Waals surface area contributed by atoms with Gasteiger partial charge in [0, 0.05) is 16.8 Å². The van der Waals surface area contributed by atoms with E-state index >= 15 is 0 Å². The standard InChI is InChI=1S/C14H11N.HI/c1-10-5-4-8-13-14(10)12-7-3-2-6-11(12)9-15-13;/h2-9H,1H3;1H. The van der Waals surface area contributed by atoms with E-state index in [-0.39, 0.29) is 24.0 Å². The Balaban J connectivity index is 0.000000963. The average molecular weight is 321 g/mol. The van der Waals surface area contributed by atoms with Crippen LogP contribution >= 0.6 is 0 Å². The Morgan fingerprint density at radius 1 is 0.938 bits per heavy atom. The zero-order valence-corrected chi connectivity index (χ0v) is 11.2. The van der Waals surface area contributed by atoms with E-state index in [2.05, 4.69) is 60.6 Å². The number of halogens is 1. The minimum absolute atomic E-state index is 0. The van der Waals surface area contributed by atoms with Crippen LogP contribution in [0.4, 0.5) is 0 Å². The lowest BCUT2D eigenvalue weighted by atomic mass is 10.0. The van der Waals surface area contributed by atoms with E-state index in [1.165, 1.54) is 27.2 Å². The topological polar surface area (TPSA) is 14.1 Å². The van der Waals surface area contributed by atoms with Crippen molar-refractivity contribution in [2.24, 2.45) is 0 Å². The number of aryl methyl sites for hydroxylation is 1. The molecule has 3 aromatic rings. The summed E-state index contributed by atoms with van der Waals surface area (Å²) in [7, 11) is 0. The largest absolute Gasteiger partial charge is 1.00 e. The molecule has 0 fully saturated rings. The van der Waals surface area contributed by atoms with Crippen LogP contribution in [-0.4, -0.2) is 0 Å². The highest BCUT2D eigenvalue weighted by atomic mass is 127. The Morgan fingerprint density at radius 2 is 1.75 bits per heavy atom. The number of fused-ring (bicyclic) bond motifs is 3. The maximum atomic E-state index is 3.33. The van der Waals surface area contributed by atoms with Crippen molar-refractivity contribution in [3.05, 3.63) is 54.2 Å². The molecule has 16 heavy (non-hydrogen) atoms. The van der Waals surface area contributed by atoms with Crippen LogP contribution in [0.15, 0.2) is 48.7 Å². The molecule has 1 nitrogen and oxygen atoms in total. The highest BCUT2D eigenvalue weighted by Crippen LogP contribution is 2.23. The summed E-state index contributed by atoms with van der Waals surface area (Å²) in [5.74, 6) is 0. The van der Waals surface area contributed by atoms with Gasteiger partial charge in [-0.15, -0.1) is 0 Å². The maximum absolute atomic E-state index is 3.33. The van der Waals surface area contributed by atoms with Crippen LogP contribution < -0.4 is 29.0 Å². The highest BCUT2D eigenvalue weighted by molar-refractivity contribution is 6.05. The summed E-state index contributed by atoms with van der Waals surface area (Å²) in [5, 5.41) is 3.92. The molecular formula is C14H12IN. The molecule has 0 atom stereocenters. The molecule has 80 valence electrons. The Morgan fingerprint density at radius 3 is 2.62 bits per heavy atom. The van der Waals surface area contributed by atoms with Gasteiger partial charge in [-0.1, -0.05) is 30.3 Å². The van der Waals surface area contributed by atoms with Crippen molar-refractivity contribution in [2.45, 2.75) is 6.92 Å². The maximum Gasteiger partial charge on any atom is 0.211 e. The van der Waals surface area contributed by atoms with Gasteiger partial charge in [0.25, 0.3) is 0 Å². The van der Waals surface area contributed by atoms with Gasteiger partial charge in [0.2, 0.25) is 5.52 Å². The summed E-state index contributed by atoms with van der Waals surface area (Å²) in [6, 6.07) is 14.8. The third kappa shape index (κ3) is 1.67. The predicted octanol–water partition coefficient (Wildman–Crippen LogP) is 0.120. The average Bonchev–Trinajstić information content (AvgIpc) is 2.29. The van der Waals surface area contributed by atoms with Crippen LogP contribution in [-0.2, 0) is 0 Å². The number of H-pyrrole nitrogens is 1. The molecule has 2 aromatic carbocycles. The van der Waals surface area contributed by atoms with E-state index in [0.29, 0.717) is 0 Å².